The maximum atomic E-state index is 10.5. The summed E-state index contributed by atoms with van der Waals surface area (Å²) in [5, 5.41) is 2.72. The fraction of sp³-hybridized carbons (Fsp3) is 0.133. The van der Waals surface area contributed by atoms with Crippen molar-refractivity contribution in [3.8, 4) is 0 Å². The Morgan fingerprint density at radius 3 is 1.84 bits per heavy atom. The molecule has 0 atom stereocenters. The van der Waals surface area contributed by atoms with Crippen molar-refractivity contribution >= 4 is 11.6 Å². The first-order valence-electron chi connectivity index (χ1n) is 5.77. The van der Waals surface area contributed by atoms with Gasteiger partial charge in [0.25, 0.3) is 0 Å². The lowest BCUT2D eigenvalue weighted by Gasteiger charge is -2.00. The molecule has 2 rings (SSSR count). The Balaban J connectivity index is 0.000000352. The van der Waals surface area contributed by atoms with Crippen LogP contribution < -0.4 is 11.1 Å². The minimum Gasteiger partial charge on any atom is -0.412 e. The molecule has 0 fully saturated rings. The molecule has 5 N–H and O–H groups in total. The number of nitrogens with two attached hydrogens (primary N) is 1. The second kappa shape index (κ2) is 9.67. The predicted molar refractivity (Wildman–Crippen MR) is 78.4 cm³/mol. The SMILES string of the molecule is CC(=O)NCc1ccccc1.Nc1ccccc1.O. The molecule has 0 bridgehead atoms. The second-order valence-electron chi connectivity index (χ2n) is 3.81. The van der Waals surface area contributed by atoms with Gasteiger partial charge in [-0.2, -0.15) is 0 Å². The number of carbonyl (C=O) groups is 1. The van der Waals surface area contributed by atoms with E-state index in [1.54, 1.807) is 0 Å². The minimum atomic E-state index is 0. The fourth-order valence-electron chi connectivity index (χ4n) is 1.28. The number of hydrogen-bond acceptors (Lipinski definition) is 2. The molecule has 4 heteroatoms. The van der Waals surface area contributed by atoms with Gasteiger partial charge in [-0.05, 0) is 17.7 Å². The number of rotatable bonds is 2. The van der Waals surface area contributed by atoms with Gasteiger partial charge in [0, 0.05) is 19.2 Å². The van der Waals surface area contributed by atoms with Gasteiger partial charge in [-0.25, -0.2) is 0 Å². The Labute approximate surface area is 113 Å². The van der Waals surface area contributed by atoms with Crippen LogP contribution in [0.1, 0.15) is 12.5 Å². The van der Waals surface area contributed by atoms with Gasteiger partial charge in [0.15, 0.2) is 0 Å². The monoisotopic (exact) mass is 260 g/mol. The van der Waals surface area contributed by atoms with Crippen molar-refractivity contribution in [1.29, 1.82) is 0 Å². The normalized spacial score (nSPS) is 8.47. The number of hydrogen-bond donors (Lipinski definition) is 2. The van der Waals surface area contributed by atoms with Crippen LogP contribution in [0.2, 0.25) is 0 Å². The third-order valence-electron chi connectivity index (χ3n) is 2.18. The maximum absolute atomic E-state index is 10.5. The molecule has 102 valence electrons. The number of para-hydroxylation sites is 1. The van der Waals surface area contributed by atoms with Crippen molar-refractivity contribution < 1.29 is 10.3 Å². The van der Waals surface area contributed by atoms with Crippen LogP contribution in [0.15, 0.2) is 60.7 Å². The molecule has 0 heterocycles. The van der Waals surface area contributed by atoms with Gasteiger partial charge < -0.3 is 16.5 Å². The summed E-state index contributed by atoms with van der Waals surface area (Å²) in [5.74, 6) is 0.00820. The van der Waals surface area contributed by atoms with Crippen LogP contribution in [0.5, 0.6) is 0 Å². The van der Waals surface area contributed by atoms with Crippen molar-refractivity contribution in [1.82, 2.24) is 5.32 Å². The van der Waals surface area contributed by atoms with E-state index in [4.69, 9.17) is 5.73 Å². The van der Waals surface area contributed by atoms with E-state index in [-0.39, 0.29) is 11.4 Å². The summed E-state index contributed by atoms with van der Waals surface area (Å²) in [6, 6.07) is 19.3. The summed E-state index contributed by atoms with van der Waals surface area (Å²) < 4.78 is 0. The molecule has 0 aliphatic carbocycles. The van der Waals surface area contributed by atoms with Crippen LogP contribution in [-0.2, 0) is 11.3 Å². The topological polar surface area (TPSA) is 86.6 Å². The van der Waals surface area contributed by atoms with E-state index < -0.39 is 0 Å². The molecule has 0 aliphatic rings. The Morgan fingerprint density at radius 2 is 1.47 bits per heavy atom. The first-order valence-corrected chi connectivity index (χ1v) is 5.77. The zero-order chi connectivity index (χ0) is 13.2. The van der Waals surface area contributed by atoms with Crippen molar-refractivity contribution in [3.63, 3.8) is 0 Å². The quantitative estimate of drug-likeness (QED) is 0.806. The standard InChI is InChI=1S/C9H11NO.C6H7N.H2O/c1-8(11)10-7-9-5-3-2-4-6-9;7-6-4-2-1-3-5-6;/h2-6H,7H2,1H3,(H,10,11);1-5H,7H2;1H2. The summed E-state index contributed by atoms with van der Waals surface area (Å²) in [6.07, 6.45) is 0. The summed E-state index contributed by atoms with van der Waals surface area (Å²) in [4.78, 5) is 10.5. The van der Waals surface area contributed by atoms with Crippen LogP contribution in [0.3, 0.4) is 0 Å². The fourth-order valence-corrected chi connectivity index (χ4v) is 1.28. The van der Waals surface area contributed by atoms with E-state index in [0.717, 1.165) is 11.3 Å². The second-order valence-corrected chi connectivity index (χ2v) is 3.81. The highest BCUT2D eigenvalue weighted by molar-refractivity contribution is 5.72. The minimum absolute atomic E-state index is 0. The molecule has 0 unspecified atom stereocenters. The highest BCUT2D eigenvalue weighted by atomic mass is 16.1. The molecule has 0 saturated carbocycles. The van der Waals surface area contributed by atoms with Crippen LogP contribution in [-0.4, -0.2) is 11.4 Å². The summed E-state index contributed by atoms with van der Waals surface area (Å²) in [7, 11) is 0. The smallest absolute Gasteiger partial charge is 0.217 e. The lowest BCUT2D eigenvalue weighted by atomic mass is 10.2. The number of amides is 1. The van der Waals surface area contributed by atoms with E-state index in [2.05, 4.69) is 5.32 Å². The van der Waals surface area contributed by atoms with Crippen LogP contribution in [0, 0.1) is 0 Å². The molecule has 0 saturated heterocycles. The van der Waals surface area contributed by atoms with E-state index in [0.29, 0.717) is 6.54 Å². The molecule has 19 heavy (non-hydrogen) atoms. The van der Waals surface area contributed by atoms with E-state index in [1.165, 1.54) is 6.92 Å². The highest BCUT2D eigenvalue weighted by Crippen LogP contribution is 1.96. The maximum Gasteiger partial charge on any atom is 0.217 e. The highest BCUT2D eigenvalue weighted by Gasteiger charge is 1.91. The van der Waals surface area contributed by atoms with E-state index in [9.17, 15) is 4.79 Å². The third kappa shape index (κ3) is 8.40. The number of benzene rings is 2. The first-order chi connectivity index (χ1) is 8.68. The van der Waals surface area contributed by atoms with Crippen molar-refractivity contribution in [2.45, 2.75) is 13.5 Å². The Hall–Kier alpha value is -2.33. The first kappa shape index (κ1) is 16.7. The van der Waals surface area contributed by atoms with Crippen LogP contribution in [0.4, 0.5) is 5.69 Å². The molecule has 0 aromatic heterocycles. The molecule has 4 nitrogen and oxygen atoms in total. The predicted octanol–water partition coefficient (Wildman–Crippen LogP) is 1.77. The lowest BCUT2D eigenvalue weighted by molar-refractivity contribution is -0.119. The van der Waals surface area contributed by atoms with Crippen LogP contribution in [0.25, 0.3) is 0 Å². The summed E-state index contributed by atoms with van der Waals surface area (Å²) in [5.41, 5.74) is 7.31. The number of nitrogens with one attached hydrogen (secondary N) is 1. The zero-order valence-electron chi connectivity index (χ0n) is 11.0. The van der Waals surface area contributed by atoms with Crippen molar-refractivity contribution in [2.75, 3.05) is 5.73 Å². The molecular weight excluding hydrogens is 240 g/mol. The van der Waals surface area contributed by atoms with Crippen molar-refractivity contribution in [3.05, 3.63) is 66.2 Å². The molecule has 0 aliphatic heterocycles. The third-order valence-corrected chi connectivity index (χ3v) is 2.18. The molecule has 0 spiro atoms. The molecule has 1 amide bonds. The van der Waals surface area contributed by atoms with Gasteiger partial charge in [-0.3, -0.25) is 4.79 Å². The Bertz CT molecular complexity index is 458. The lowest BCUT2D eigenvalue weighted by Crippen LogP contribution is -2.18. The van der Waals surface area contributed by atoms with Gasteiger partial charge in [0.1, 0.15) is 0 Å². The molecule has 0 radical (unpaired) electrons. The molecule has 2 aromatic carbocycles. The summed E-state index contributed by atoms with van der Waals surface area (Å²) >= 11 is 0. The number of carbonyl (C=O) groups excluding carboxylic acids is 1. The van der Waals surface area contributed by atoms with Gasteiger partial charge >= 0.3 is 0 Å². The van der Waals surface area contributed by atoms with E-state index >= 15 is 0 Å². The average Bonchev–Trinajstić information content (AvgIpc) is 2.39. The average molecular weight is 260 g/mol. The van der Waals surface area contributed by atoms with Crippen molar-refractivity contribution in [2.24, 2.45) is 0 Å². The zero-order valence-corrected chi connectivity index (χ0v) is 11.0. The largest absolute Gasteiger partial charge is 0.412 e. The van der Waals surface area contributed by atoms with Gasteiger partial charge in [-0.15, -0.1) is 0 Å². The van der Waals surface area contributed by atoms with Gasteiger partial charge in [0.2, 0.25) is 5.91 Å². The van der Waals surface area contributed by atoms with Crippen LogP contribution >= 0.6 is 0 Å². The van der Waals surface area contributed by atoms with E-state index in [1.807, 2.05) is 60.7 Å². The Morgan fingerprint density at radius 1 is 1.00 bits per heavy atom. The number of nitrogen functional groups attached to an aromatic ring is 1. The summed E-state index contributed by atoms with van der Waals surface area (Å²) in [6.45, 7) is 2.14. The van der Waals surface area contributed by atoms with Gasteiger partial charge in [0.05, 0.1) is 0 Å². The molecule has 2 aromatic rings. The van der Waals surface area contributed by atoms with Gasteiger partial charge in [-0.1, -0.05) is 48.5 Å². The number of anilines is 1. The molecular formula is C15H20N2O2. The Kier molecular flexibility index (Phi) is 8.49.